The number of hydrogen-bond acceptors (Lipinski definition) is 5. The molecule has 5 rings (SSSR count). The smallest absolute Gasteiger partial charge is 0.412 e. The molecule has 3 atom stereocenters. The highest BCUT2D eigenvalue weighted by Crippen LogP contribution is 2.36. The van der Waals surface area contributed by atoms with Crippen LogP contribution in [0, 0.1) is 11.8 Å². The lowest BCUT2D eigenvalue weighted by Gasteiger charge is -2.38. The minimum absolute atomic E-state index is 0.209. The van der Waals surface area contributed by atoms with E-state index in [9.17, 15) is 4.79 Å². The summed E-state index contributed by atoms with van der Waals surface area (Å²) in [7, 11) is 0. The Labute approximate surface area is 224 Å². The molecule has 0 radical (unpaired) electrons. The number of piperidine rings is 1. The van der Waals surface area contributed by atoms with E-state index in [1.54, 1.807) is 12.4 Å². The second kappa shape index (κ2) is 12.0. The molecule has 0 unspecified atom stereocenters. The Morgan fingerprint density at radius 3 is 2.82 bits per heavy atom. The van der Waals surface area contributed by atoms with Crippen LogP contribution in [0.1, 0.15) is 64.5 Å². The molecule has 0 aliphatic carbocycles. The van der Waals surface area contributed by atoms with Gasteiger partial charge in [-0.1, -0.05) is 70.4 Å². The van der Waals surface area contributed by atoms with Gasteiger partial charge < -0.3 is 4.74 Å². The van der Waals surface area contributed by atoms with Crippen LogP contribution in [0.25, 0.3) is 21.9 Å². The molecule has 1 aromatic carbocycles. The number of rotatable bonds is 10. The van der Waals surface area contributed by atoms with Crippen LogP contribution in [-0.2, 0) is 11.3 Å². The minimum Gasteiger partial charge on any atom is -0.449 e. The van der Waals surface area contributed by atoms with Gasteiger partial charge >= 0.3 is 6.09 Å². The molecule has 1 amide bonds. The molecule has 0 spiro atoms. The lowest BCUT2D eigenvalue weighted by Crippen LogP contribution is -2.40. The summed E-state index contributed by atoms with van der Waals surface area (Å²) in [4.78, 5) is 24.4. The molecule has 0 bridgehead atoms. The van der Waals surface area contributed by atoms with E-state index in [1.807, 2.05) is 6.07 Å². The Kier molecular flexibility index (Phi) is 8.27. The predicted octanol–water partition coefficient (Wildman–Crippen LogP) is 6.76. The highest BCUT2D eigenvalue weighted by molar-refractivity contribution is 6.08. The molecular formula is C30H40N6O2. The number of likely N-dealkylation sites (tertiary alicyclic amines) is 1. The number of carbonyl (C=O) groups is 1. The van der Waals surface area contributed by atoms with Crippen molar-refractivity contribution in [3.63, 3.8) is 0 Å². The van der Waals surface area contributed by atoms with Crippen molar-refractivity contribution >= 4 is 33.8 Å². The maximum atomic E-state index is 12.9. The van der Waals surface area contributed by atoms with Crippen LogP contribution >= 0.6 is 0 Å². The first-order chi connectivity index (χ1) is 18.6. The molecule has 8 nitrogen and oxygen atoms in total. The number of unbranched alkanes of at least 4 members (excludes halogenated alkanes) is 1. The van der Waals surface area contributed by atoms with Crippen LogP contribution in [0.15, 0.2) is 48.8 Å². The maximum Gasteiger partial charge on any atom is 0.412 e. The Bertz CT molecular complexity index is 1350. The zero-order chi connectivity index (χ0) is 26.5. The Morgan fingerprint density at radius 2 is 2.03 bits per heavy atom. The second-order valence-corrected chi connectivity index (χ2v) is 10.8. The highest BCUT2D eigenvalue weighted by atomic mass is 16.5. The van der Waals surface area contributed by atoms with Gasteiger partial charge in [-0.3, -0.25) is 20.0 Å². The Hall–Kier alpha value is -3.39. The van der Waals surface area contributed by atoms with Crippen molar-refractivity contribution in [3.05, 3.63) is 54.4 Å². The Morgan fingerprint density at radius 1 is 1.18 bits per heavy atom. The number of aromatic amines is 1. The number of amides is 1. The van der Waals surface area contributed by atoms with Gasteiger partial charge in [0.1, 0.15) is 5.82 Å². The van der Waals surface area contributed by atoms with E-state index >= 15 is 0 Å². The van der Waals surface area contributed by atoms with Gasteiger partial charge in [-0.25, -0.2) is 14.8 Å². The number of carbonyl (C=O) groups excluding carboxylic acids is 1. The van der Waals surface area contributed by atoms with E-state index in [2.05, 4.69) is 81.1 Å². The fourth-order valence-corrected chi connectivity index (χ4v) is 5.63. The average molecular weight is 517 g/mol. The van der Waals surface area contributed by atoms with E-state index in [1.165, 1.54) is 5.56 Å². The van der Waals surface area contributed by atoms with Crippen molar-refractivity contribution in [2.24, 2.45) is 11.8 Å². The third kappa shape index (κ3) is 5.70. The average Bonchev–Trinajstić information content (AvgIpc) is 3.55. The molecule has 1 aliphatic rings. The van der Waals surface area contributed by atoms with Crippen molar-refractivity contribution in [3.8, 4) is 0 Å². The van der Waals surface area contributed by atoms with Gasteiger partial charge in [0.05, 0.1) is 23.6 Å². The summed E-state index contributed by atoms with van der Waals surface area (Å²) in [6, 6.07) is 12.9. The predicted molar refractivity (Wildman–Crippen MR) is 152 cm³/mol. The van der Waals surface area contributed by atoms with Crippen molar-refractivity contribution in [2.75, 3.05) is 25.0 Å². The third-order valence-electron chi connectivity index (χ3n) is 8.05. The summed E-state index contributed by atoms with van der Waals surface area (Å²) in [5.41, 5.74) is 3.06. The van der Waals surface area contributed by atoms with E-state index in [4.69, 9.17) is 4.74 Å². The van der Waals surface area contributed by atoms with Crippen LogP contribution in [0.2, 0.25) is 0 Å². The minimum atomic E-state index is -0.432. The first kappa shape index (κ1) is 26.2. The van der Waals surface area contributed by atoms with E-state index in [0.29, 0.717) is 29.9 Å². The van der Waals surface area contributed by atoms with E-state index in [-0.39, 0.29) is 6.04 Å². The topological polar surface area (TPSA) is 88.1 Å². The fraction of sp³-hybridized carbons (Fsp3) is 0.500. The number of nitrogens with one attached hydrogen (secondary N) is 2. The van der Waals surface area contributed by atoms with Crippen molar-refractivity contribution in [1.29, 1.82) is 0 Å². The third-order valence-corrected chi connectivity index (χ3v) is 8.05. The van der Waals surface area contributed by atoms with Gasteiger partial charge in [0.15, 0.2) is 5.65 Å². The quantitative estimate of drug-likeness (QED) is 0.243. The van der Waals surface area contributed by atoms with Gasteiger partial charge in [0.25, 0.3) is 0 Å². The monoisotopic (exact) mass is 516 g/mol. The number of anilines is 1. The van der Waals surface area contributed by atoms with Crippen LogP contribution in [0.4, 0.5) is 10.6 Å². The lowest BCUT2D eigenvalue weighted by molar-refractivity contribution is 0.122. The van der Waals surface area contributed by atoms with Crippen molar-refractivity contribution in [1.82, 2.24) is 24.6 Å². The molecule has 1 fully saturated rings. The SMILES string of the molecule is CCCC[C@@H](CC)COC(=O)Nc1[nH]n([C@H]2CN(Cc3ccccc3)CC[C@@H]2C)c2c1cnc1nccc12. The van der Waals surface area contributed by atoms with Crippen LogP contribution in [0.5, 0.6) is 0 Å². The summed E-state index contributed by atoms with van der Waals surface area (Å²) >= 11 is 0. The zero-order valence-corrected chi connectivity index (χ0v) is 22.8. The van der Waals surface area contributed by atoms with Crippen LogP contribution < -0.4 is 5.32 Å². The highest BCUT2D eigenvalue weighted by Gasteiger charge is 2.30. The molecule has 4 heterocycles. The number of aromatic nitrogens is 4. The molecule has 4 aromatic rings. The maximum absolute atomic E-state index is 12.9. The summed E-state index contributed by atoms with van der Waals surface area (Å²) in [5.74, 6) is 1.47. The normalized spacial score (nSPS) is 19.1. The van der Waals surface area contributed by atoms with Crippen LogP contribution in [0.3, 0.4) is 0 Å². The number of nitrogens with zero attached hydrogens (tertiary/aromatic N) is 4. The van der Waals surface area contributed by atoms with Crippen LogP contribution in [-0.4, -0.2) is 50.4 Å². The lowest BCUT2D eigenvalue weighted by atomic mass is 9.93. The van der Waals surface area contributed by atoms with Gasteiger partial charge in [-0.15, -0.1) is 0 Å². The zero-order valence-electron chi connectivity index (χ0n) is 22.8. The molecule has 202 valence electrons. The van der Waals surface area contributed by atoms with Crippen molar-refractivity contribution in [2.45, 2.75) is 65.5 Å². The first-order valence-electron chi connectivity index (χ1n) is 14.1. The standard InChI is InChI=1S/C30H40N6O2/c1-4-6-10-22(5-2)20-38-30(37)33-29-25-17-32-28-24(13-15-31-28)27(25)36(34-29)26-19-35(16-14-21(26)3)18-23-11-8-7-9-12-23/h7-9,11-13,15,17,21-22,26,34H,4-6,10,14,16,18-20H2,1-3H3,(H,33,37)/t21-,22+,26-/m0/s1. The van der Waals surface area contributed by atoms with E-state index < -0.39 is 6.09 Å². The number of pyridine rings is 1. The number of fused-ring (bicyclic) bond motifs is 3. The summed E-state index contributed by atoms with van der Waals surface area (Å²) in [6.45, 7) is 9.99. The summed E-state index contributed by atoms with van der Waals surface area (Å²) < 4.78 is 7.89. The molecule has 3 aromatic heterocycles. The molecular weight excluding hydrogens is 476 g/mol. The van der Waals surface area contributed by atoms with Gasteiger partial charge in [0, 0.05) is 30.9 Å². The molecule has 2 N–H and O–H groups in total. The molecule has 1 aliphatic heterocycles. The summed E-state index contributed by atoms with van der Waals surface area (Å²) in [6.07, 6.45) is 8.65. The Balaban J connectivity index is 1.41. The number of ether oxygens (including phenoxy) is 1. The number of benzene rings is 1. The van der Waals surface area contributed by atoms with Gasteiger partial charge in [-0.05, 0) is 42.9 Å². The molecule has 1 saturated heterocycles. The molecule has 38 heavy (non-hydrogen) atoms. The van der Waals surface area contributed by atoms with Crippen molar-refractivity contribution < 1.29 is 9.53 Å². The number of hydrogen-bond donors (Lipinski definition) is 2. The number of H-pyrrole nitrogens is 1. The molecule has 0 saturated carbocycles. The first-order valence-corrected chi connectivity index (χ1v) is 14.1. The van der Waals surface area contributed by atoms with E-state index in [0.717, 1.165) is 68.0 Å². The second-order valence-electron chi connectivity index (χ2n) is 10.8. The fourth-order valence-electron chi connectivity index (χ4n) is 5.63. The molecule has 8 heteroatoms. The van der Waals surface area contributed by atoms with Gasteiger partial charge in [-0.2, -0.15) is 0 Å². The largest absolute Gasteiger partial charge is 0.449 e. The summed E-state index contributed by atoms with van der Waals surface area (Å²) in [5, 5.41) is 8.38. The van der Waals surface area contributed by atoms with Gasteiger partial charge in [0.2, 0.25) is 0 Å².